The molecular formula is C13H17ClN6O3S. The zero-order chi connectivity index (χ0) is 17.5. The van der Waals surface area contributed by atoms with Crippen LogP contribution in [0, 0.1) is 13.8 Å². The van der Waals surface area contributed by atoms with Gasteiger partial charge in [-0.05, 0) is 13.8 Å². The van der Waals surface area contributed by atoms with Gasteiger partial charge in [0, 0.05) is 32.2 Å². The Balaban J connectivity index is 1.77. The molecule has 1 fully saturated rings. The van der Waals surface area contributed by atoms with E-state index in [4.69, 9.17) is 21.9 Å². The van der Waals surface area contributed by atoms with Crippen LogP contribution in [0.15, 0.2) is 15.5 Å². The van der Waals surface area contributed by atoms with Crippen molar-refractivity contribution in [3.63, 3.8) is 0 Å². The summed E-state index contributed by atoms with van der Waals surface area (Å²) < 4.78 is 32.0. The van der Waals surface area contributed by atoms with Crippen molar-refractivity contribution < 1.29 is 12.9 Å². The molecule has 0 unspecified atom stereocenters. The molecule has 2 aromatic rings. The fraction of sp³-hybridized carbons (Fsp3) is 0.462. The van der Waals surface area contributed by atoms with Crippen LogP contribution in [0.5, 0.6) is 0 Å². The van der Waals surface area contributed by atoms with Crippen molar-refractivity contribution in [2.24, 2.45) is 0 Å². The normalized spacial score (nSPS) is 16.5. The van der Waals surface area contributed by atoms with Crippen molar-refractivity contribution in [3.05, 3.63) is 22.7 Å². The van der Waals surface area contributed by atoms with Crippen LogP contribution in [0.3, 0.4) is 0 Å². The molecule has 0 aromatic carbocycles. The Morgan fingerprint density at radius 1 is 1.21 bits per heavy atom. The molecule has 130 valence electrons. The molecule has 0 bridgehead atoms. The third-order valence-corrected chi connectivity index (χ3v) is 6.16. The van der Waals surface area contributed by atoms with E-state index in [-0.39, 0.29) is 16.0 Å². The number of hydrogen-bond acceptors (Lipinski definition) is 8. The van der Waals surface area contributed by atoms with E-state index in [1.54, 1.807) is 19.9 Å². The summed E-state index contributed by atoms with van der Waals surface area (Å²) in [6.07, 6.45) is 0. The van der Waals surface area contributed by atoms with Crippen LogP contribution in [0.1, 0.15) is 11.5 Å². The standard InChI is InChI=1S/C13H17ClN6O3S/c1-8-12(9(2)23-18-8)24(21,22)20-5-3-19(4-6-20)11-7-10(14)16-13(15)17-11/h7H,3-6H2,1-2H3,(H2,15,16,17). The molecule has 9 nitrogen and oxygen atoms in total. The summed E-state index contributed by atoms with van der Waals surface area (Å²) in [5.74, 6) is 0.968. The van der Waals surface area contributed by atoms with Gasteiger partial charge in [-0.25, -0.2) is 13.4 Å². The number of nitrogens with two attached hydrogens (primary N) is 1. The molecule has 0 spiro atoms. The van der Waals surface area contributed by atoms with E-state index in [9.17, 15) is 8.42 Å². The molecule has 0 atom stereocenters. The molecule has 3 heterocycles. The number of nitrogens with zero attached hydrogens (tertiary/aromatic N) is 5. The van der Waals surface area contributed by atoms with E-state index >= 15 is 0 Å². The number of aromatic nitrogens is 3. The summed E-state index contributed by atoms with van der Waals surface area (Å²) in [5.41, 5.74) is 5.97. The number of sulfonamides is 1. The Hall–Kier alpha value is -1.91. The van der Waals surface area contributed by atoms with E-state index in [1.807, 2.05) is 4.90 Å². The monoisotopic (exact) mass is 372 g/mol. The maximum Gasteiger partial charge on any atom is 0.248 e. The Morgan fingerprint density at radius 2 is 1.88 bits per heavy atom. The smallest absolute Gasteiger partial charge is 0.248 e. The summed E-state index contributed by atoms with van der Waals surface area (Å²) >= 11 is 5.89. The van der Waals surface area contributed by atoms with E-state index in [0.29, 0.717) is 43.5 Å². The van der Waals surface area contributed by atoms with Gasteiger partial charge < -0.3 is 15.2 Å². The van der Waals surface area contributed by atoms with Crippen LogP contribution >= 0.6 is 11.6 Å². The fourth-order valence-electron chi connectivity index (χ4n) is 2.71. The number of nitrogen functional groups attached to an aromatic ring is 1. The van der Waals surface area contributed by atoms with Gasteiger partial charge in [-0.3, -0.25) is 0 Å². The first-order valence-electron chi connectivity index (χ1n) is 7.27. The Labute approximate surface area is 144 Å². The fourth-order valence-corrected chi connectivity index (χ4v) is 4.61. The second kappa shape index (κ2) is 6.19. The van der Waals surface area contributed by atoms with Crippen LogP contribution in [-0.2, 0) is 10.0 Å². The van der Waals surface area contributed by atoms with Crippen molar-refractivity contribution in [3.8, 4) is 0 Å². The van der Waals surface area contributed by atoms with Crippen molar-refractivity contribution in [1.29, 1.82) is 0 Å². The predicted molar refractivity (Wildman–Crippen MR) is 88.4 cm³/mol. The van der Waals surface area contributed by atoms with Crippen LogP contribution in [0.25, 0.3) is 0 Å². The highest BCUT2D eigenvalue weighted by molar-refractivity contribution is 7.89. The molecule has 1 aliphatic rings. The number of rotatable bonds is 3. The van der Waals surface area contributed by atoms with Gasteiger partial charge in [-0.1, -0.05) is 16.8 Å². The van der Waals surface area contributed by atoms with Crippen LogP contribution in [0.2, 0.25) is 5.15 Å². The molecule has 0 radical (unpaired) electrons. The Morgan fingerprint density at radius 3 is 2.42 bits per heavy atom. The molecule has 2 aromatic heterocycles. The first kappa shape index (κ1) is 16.9. The third-order valence-electron chi connectivity index (χ3n) is 3.83. The highest BCUT2D eigenvalue weighted by Gasteiger charge is 2.33. The molecule has 2 N–H and O–H groups in total. The second-order valence-electron chi connectivity index (χ2n) is 5.45. The SMILES string of the molecule is Cc1noc(C)c1S(=O)(=O)N1CCN(c2cc(Cl)nc(N)n2)CC1. The molecule has 0 aliphatic carbocycles. The quantitative estimate of drug-likeness (QED) is 0.787. The number of piperazine rings is 1. The van der Waals surface area contributed by atoms with E-state index in [0.717, 1.165) is 0 Å². The number of anilines is 2. The molecule has 0 amide bonds. The summed E-state index contributed by atoms with van der Waals surface area (Å²) in [5, 5.41) is 3.98. The molecule has 24 heavy (non-hydrogen) atoms. The van der Waals surface area contributed by atoms with Gasteiger partial charge in [-0.15, -0.1) is 0 Å². The minimum absolute atomic E-state index is 0.0864. The van der Waals surface area contributed by atoms with Crippen molar-refractivity contribution in [1.82, 2.24) is 19.4 Å². The van der Waals surface area contributed by atoms with Gasteiger partial charge in [0.05, 0.1) is 0 Å². The lowest BCUT2D eigenvalue weighted by Crippen LogP contribution is -2.49. The average Bonchev–Trinajstić information content (AvgIpc) is 2.86. The predicted octanol–water partition coefficient (Wildman–Crippen LogP) is 0.828. The average molecular weight is 373 g/mol. The molecule has 11 heteroatoms. The number of aryl methyl sites for hydroxylation is 2. The summed E-state index contributed by atoms with van der Waals surface area (Å²) in [6.45, 7) is 4.77. The van der Waals surface area contributed by atoms with Crippen molar-refractivity contribution >= 4 is 33.4 Å². The number of hydrogen-bond donors (Lipinski definition) is 1. The Kier molecular flexibility index (Phi) is 4.37. The maximum atomic E-state index is 12.8. The van der Waals surface area contributed by atoms with Gasteiger partial charge >= 0.3 is 0 Å². The summed E-state index contributed by atoms with van der Waals surface area (Å²) in [4.78, 5) is 10.0. The molecule has 1 saturated heterocycles. The Bertz CT molecular complexity index is 821. The van der Waals surface area contributed by atoms with Crippen LogP contribution in [0.4, 0.5) is 11.8 Å². The molecular weight excluding hydrogens is 356 g/mol. The zero-order valence-electron chi connectivity index (χ0n) is 13.2. The number of halogens is 1. The van der Waals surface area contributed by atoms with Crippen LogP contribution < -0.4 is 10.6 Å². The molecule has 1 aliphatic heterocycles. The van der Waals surface area contributed by atoms with Gasteiger partial charge in [-0.2, -0.15) is 9.29 Å². The van der Waals surface area contributed by atoms with E-state index in [1.165, 1.54) is 4.31 Å². The van der Waals surface area contributed by atoms with Gasteiger partial charge in [0.2, 0.25) is 16.0 Å². The zero-order valence-corrected chi connectivity index (χ0v) is 14.8. The lowest BCUT2D eigenvalue weighted by Gasteiger charge is -2.34. The topological polar surface area (TPSA) is 118 Å². The highest BCUT2D eigenvalue weighted by Crippen LogP contribution is 2.25. The van der Waals surface area contributed by atoms with Crippen molar-refractivity contribution in [2.45, 2.75) is 18.7 Å². The first-order chi connectivity index (χ1) is 11.3. The van der Waals surface area contributed by atoms with Crippen molar-refractivity contribution in [2.75, 3.05) is 36.8 Å². The lowest BCUT2D eigenvalue weighted by molar-refractivity contribution is 0.378. The van der Waals surface area contributed by atoms with Gasteiger partial charge in [0.15, 0.2) is 5.76 Å². The maximum absolute atomic E-state index is 12.8. The van der Waals surface area contributed by atoms with E-state index in [2.05, 4.69) is 15.1 Å². The summed E-state index contributed by atoms with van der Waals surface area (Å²) in [6, 6.07) is 1.61. The summed E-state index contributed by atoms with van der Waals surface area (Å²) in [7, 11) is -3.64. The third kappa shape index (κ3) is 3.04. The highest BCUT2D eigenvalue weighted by atomic mass is 35.5. The van der Waals surface area contributed by atoms with Gasteiger partial charge in [0.25, 0.3) is 0 Å². The largest absolute Gasteiger partial charge is 0.368 e. The van der Waals surface area contributed by atoms with Gasteiger partial charge in [0.1, 0.15) is 21.6 Å². The van der Waals surface area contributed by atoms with E-state index < -0.39 is 10.0 Å². The lowest BCUT2D eigenvalue weighted by atomic mass is 10.3. The second-order valence-corrected chi connectivity index (χ2v) is 7.71. The van der Waals surface area contributed by atoms with Crippen LogP contribution in [-0.4, -0.2) is 54.0 Å². The minimum atomic E-state index is -3.64. The first-order valence-corrected chi connectivity index (χ1v) is 9.09. The molecule has 0 saturated carbocycles. The molecule has 3 rings (SSSR count). The minimum Gasteiger partial charge on any atom is -0.368 e.